The summed E-state index contributed by atoms with van der Waals surface area (Å²) in [5, 5.41) is 13.2. The maximum absolute atomic E-state index is 13.1. The van der Waals surface area contributed by atoms with Gasteiger partial charge in [0.25, 0.3) is 17.5 Å². The number of hydrogen-bond acceptors (Lipinski definition) is 7. The lowest BCUT2D eigenvalue weighted by Gasteiger charge is -2.26. The second kappa shape index (κ2) is 8.66. The number of hydrogen-bond donors (Lipinski definition) is 1. The summed E-state index contributed by atoms with van der Waals surface area (Å²) < 4.78 is 11.0. The van der Waals surface area contributed by atoms with E-state index in [0.717, 1.165) is 16.0 Å². The number of methoxy groups -OCH3 is 1. The number of imide groups is 2. The highest BCUT2D eigenvalue weighted by Gasteiger charge is 2.37. The second-order valence-corrected chi connectivity index (χ2v) is 7.57. The first kappa shape index (κ1) is 22.5. The van der Waals surface area contributed by atoms with Crippen LogP contribution < -0.4 is 15.0 Å². The number of anilines is 1. The molecule has 2 heterocycles. The Bertz CT molecular complexity index is 1390. The molecule has 0 saturated carbocycles. The van der Waals surface area contributed by atoms with Crippen LogP contribution in [0.5, 0.6) is 5.75 Å². The second-order valence-electron chi connectivity index (χ2n) is 7.57. The molecule has 172 valence electrons. The van der Waals surface area contributed by atoms with Crippen LogP contribution in [0, 0.1) is 24.0 Å². The Balaban J connectivity index is 1.68. The Morgan fingerprint density at radius 3 is 2.47 bits per heavy atom. The molecule has 1 aliphatic heterocycles. The van der Waals surface area contributed by atoms with E-state index in [1.54, 1.807) is 24.3 Å². The summed E-state index contributed by atoms with van der Waals surface area (Å²) in [6.45, 7) is 3.75. The van der Waals surface area contributed by atoms with Crippen LogP contribution in [0.1, 0.15) is 16.9 Å². The first-order valence-electron chi connectivity index (χ1n) is 10.1. The third-order valence-electron chi connectivity index (χ3n) is 5.43. The van der Waals surface area contributed by atoms with E-state index in [0.29, 0.717) is 17.0 Å². The van der Waals surface area contributed by atoms with Gasteiger partial charge in [-0.3, -0.25) is 25.0 Å². The van der Waals surface area contributed by atoms with Gasteiger partial charge in [-0.15, -0.1) is 0 Å². The average Bonchev–Trinajstić information content (AvgIpc) is 3.26. The highest BCUT2D eigenvalue weighted by molar-refractivity contribution is 6.39. The number of nitrogens with one attached hydrogen (secondary N) is 1. The van der Waals surface area contributed by atoms with Crippen molar-refractivity contribution in [2.45, 2.75) is 13.8 Å². The first-order chi connectivity index (χ1) is 16.2. The van der Waals surface area contributed by atoms with Crippen molar-refractivity contribution in [2.75, 3.05) is 12.0 Å². The molecule has 10 nitrogen and oxygen atoms in total. The Kier molecular flexibility index (Phi) is 5.72. The molecule has 3 aromatic rings. The highest BCUT2D eigenvalue weighted by Crippen LogP contribution is 2.35. The third-order valence-corrected chi connectivity index (χ3v) is 5.43. The predicted octanol–water partition coefficient (Wildman–Crippen LogP) is 4.15. The molecule has 10 heteroatoms. The number of carbonyl (C=O) groups excluding carboxylic acids is 3. The number of amides is 4. The minimum absolute atomic E-state index is 0.143. The molecule has 0 unspecified atom stereocenters. The normalized spacial score (nSPS) is 15.0. The van der Waals surface area contributed by atoms with E-state index in [1.807, 2.05) is 13.8 Å². The number of nitro groups is 1. The van der Waals surface area contributed by atoms with Gasteiger partial charge in [0, 0.05) is 6.07 Å². The maximum atomic E-state index is 13.1. The van der Waals surface area contributed by atoms with Gasteiger partial charge in [0.2, 0.25) is 0 Å². The van der Waals surface area contributed by atoms with Crippen molar-refractivity contribution in [1.29, 1.82) is 0 Å². The summed E-state index contributed by atoms with van der Waals surface area (Å²) in [6.07, 6.45) is 1.24. The van der Waals surface area contributed by atoms with Gasteiger partial charge in [0.1, 0.15) is 22.8 Å². The van der Waals surface area contributed by atoms with Gasteiger partial charge >= 0.3 is 6.03 Å². The topological polar surface area (TPSA) is 132 Å². The molecule has 1 N–H and O–H groups in total. The number of barbiturate groups is 1. The van der Waals surface area contributed by atoms with E-state index in [-0.39, 0.29) is 22.8 Å². The summed E-state index contributed by atoms with van der Waals surface area (Å²) in [6, 6.07) is 11.4. The zero-order valence-electron chi connectivity index (χ0n) is 18.4. The molecule has 0 aliphatic carbocycles. The molecule has 1 aromatic heterocycles. The number of aryl methyl sites for hydroxylation is 2. The number of non-ortho nitro benzene ring substituents is 1. The number of carbonyl (C=O) groups is 3. The van der Waals surface area contributed by atoms with Crippen LogP contribution in [-0.4, -0.2) is 29.9 Å². The van der Waals surface area contributed by atoms with Crippen LogP contribution >= 0.6 is 0 Å². The summed E-state index contributed by atoms with van der Waals surface area (Å²) >= 11 is 0. The van der Waals surface area contributed by atoms with E-state index in [4.69, 9.17) is 9.15 Å². The van der Waals surface area contributed by atoms with E-state index in [9.17, 15) is 24.5 Å². The number of benzene rings is 2. The Labute approximate surface area is 193 Å². The summed E-state index contributed by atoms with van der Waals surface area (Å²) in [5.41, 5.74) is 2.23. The van der Waals surface area contributed by atoms with Crippen molar-refractivity contribution in [3.05, 3.63) is 81.1 Å². The number of furan rings is 1. The Hall–Kier alpha value is -4.73. The monoisotopic (exact) mass is 461 g/mol. The van der Waals surface area contributed by atoms with Gasteiger partial charge in [-0.1, -0.05) is 6.07 Å². The molecule has 0 spiro atoms. The number of rotatable bonds is 5. The number of ether oxygens (including phenoxy) is 1. The fourth-order valence-electron chi connectivity index (χ4n) is 3.47. The highest BCUT2D eigenvalue weighted by atomic mass is 16.6. The average molecular weight is 461 g/mol. The van der Waals surface area contributed by atoms with Gasteiger partial charge in [0.05, 0.1) is 29.4 Å². The zero-order chi connectivity index (χ0) is 24.6. The standard InChI is InChI=1S/C24H19N3O7/c1-13-4-5-15(10-14(13)2)26-23(29)19(22(28)25-24(26)30)12-17-7-9-20(34-17)18-8-6-16(27(31)32)11-21(18)33-3/h4-12H,1-3H3,(H,25,28,30)/b19-12+. The molecule has 1 saturated heterocycles. The van der Waals surface area contributed by atoms with Crippen molar-refractivity contribution in [3.8, 4) is 17.1 Å². The van der Waals surface area contributed by atoms with Crippen LogP contribution in [0.4, 0.5) is 16.2 Å². The van der Waals surface area contributed by atoms with Gasteiger partial charge in [-0.05, 0) is 61.4 Å². The van der Waals surface area contributed by atoms with E-state index < -0.39 is 22.8 Å². The van der Waals surface area contributed by atoms with E-state index >= 15 is 0 Å². The third kappa shape index (κ3) is 4.04. The fraction of sp³-hybridized carbons (Fsp3) is 0.125. The largest absolute Gasteiger partial charge is 0.496 e. The fourth-order valence-corrected chi connectivity index (χ4v) is 3.47. The van der Waals surface area contributed by atoms with Crippen LogP contribution in [0.3, 0.4) is 0 Å². The lowest BCUT2D eigenvalue weighted by Crippen LogP contribution is -2.54. The Morgan fingerprint density at radius 2 is 1.79 bits per heavy atom. The first-order valence-corrected chi connectivity index (χ1v) is 10.1. The molecule has 4 rings (SSSR count). The van der Waals surface area contributed by atoms with Crippen LogP contribution in [0.15, 0.2) is 58.5 Å². The van der Waals surface area contributed by atoms with Crippen molar-refractivity contribution in [3.63, 3.8) is 0 Å². The SMILES string of the molecule is COc1cc([N+](=O)[O-])ccc1-c1ccc(/C=C2\C(=O)NC(=O)N(c3ccc(C)c(C)c3)C2=O)o1. The zero-order valence-corrected chi connectivity index (χ0v) is 18.4. The molecule has 1 aliphatic rings. The molecule has 0 radical (unpaired) electrons. The Morgan fingerprint density at radius 1 is 1.03 bits per heavy atom. The van der Waals surface area contributed by atoms with Gasteiger partial charge in [-0.25, -0.2) is 9.69 Å². The quantitative estimate of drug-likeness (QED) is 0.261. The van der Waals surface area contributed by atoms with Crippen molar-refractivity contribution in [1.82, 2.24) is 5.32 Å². The minimum atomic E-state index is -0.846. The maximum Gasteiger partial charge on any atom is 0.335 e. The van der Waals surface area contributed by atoms with Crippen LogP contribution in [0.25, 0.3) is 17.4 Å². The van der Waals surface area contributed by atoms with Crippen LogP contribution in [-0.2, 0) is 9.59 Å². The molecule has 1 fully saturated rings. The number of nitro benzene ring substituents is 1. The van der Waals surface area contributed by atoms with Gasteiger partial charge < -0.3 is 9.15 Å². The van der Waals surface area contributed by atoms with Gasteiger partial charge in [0.15, 0.2) is 0 Å². The summed E-state index contributed by atoms with van der Waals surface area (Å²) in [4.78, 5) is 49.3. The molecule has 34 heavy (non-hydrogen) atoms. The minimum Gasteiger partial charge on any atom is -0.496 e. The summed E-state index contributed by atoms with van der Waals surface area (Å²) in [7, 11) is 1.37. The molecular weight excluding hydrogens is 442 g/mol. The summed E-state index contributed by atoms with van der Waals surface area (Å²) in [5.74, 6) is -0.933. The number of nitrogens with zero attached hydrogens (tertiary/aromatic N) is 2. The number of urea groups is 1. The smallest absolute Gasteiger partial charge is 0.335 e. The molecule has 2 aromatic carbocycles. The molecule has 4 amide bonds. The van der Waals surface area contributed by atoms with Crippen molar-refractivity contribution >= 4 is 35.3 Å². The molecule has 0 bridgehead atoms. The molecule has 0 atom stereocenters. The lowest BCUT2D eigenvalue weighted by molar-refractivity contribution is -0.384. The molecular formula is C24H19N3O7. The van der Waals surface area contributed by atoms with Crippen molar-refractivity contribution in [2.24, 2.45) is 0 Å². The van der Waals surface area contributed by atoms with E-state index in [2.05, 4.69) is 5.32 Å². The van der Waals surface area contributed by atoms with E-state index in [1.165, 1.54) is 37.5 Å². The predicted molar refractivity (Wildman–Crippen MR) is 122 cm³/mol. The van der Waals surface area contributed by atoms with Gasteiger partial charge in [-0.2, -0.15) is 0 Å². The van der Waals surface area contributed by atoms with Crippen molar-refractivity contribution < 1.29 is 28.5 Å². The lowest BCUT2D eigenvalue weighted by atomic mass is 10.1. The van der Waals surface area contributed by atoms with Crippen LogP contribution in [0.2, 0.25) is 0 Å².